The molecule has 2 N–H and O–H groups in total. The van der Waals surface area contributed by atoms with Crippen LogP contribution in [0.3, 0.4) is 0 Å². The zero-order chi connectivity index (χ0) is 17.8. The number of hydrogen-bond acceptors (Lipinski definition) is 5. The molecule has 6 nitrogen and oxygen atoms in total. The summed E-state index contributed by atoms with van der Waals surface area (Å²) in [4.78, 5) is 20.4. The highest BCUT2D eigenvalue weighted by Gasteiger charge is 2.10. The van der Waals surface area contributed by atoms with Crippen molar-refractivity contribution < 1.29 is 14.6 Å². The van der Waals surface area contributed by atoms with E-state index in [4.69, 9.17) is 16.3 Å². The Morgan fingerprint density at radius 3 is 2.92 bits per heavy atom. The number of aromatic nitrogens is 2. The molecular weight excluding hydrogens is 342 g/mol. The SMILES string of the molecule is CC(O)CNC(=O)c1cccc(Oc2ncnc3cc(Cl)ccc23)c1. The van der Waals surface area contributed by atoms with Crippen LogP contribution in [0.2, 0.25) is 5.02 Å². The van der Waals surface area contributed by atoms with Gasteiger partial charge < -0.3 is 15.2 Å². The molecule has 7 heteroatoms. The first-order chi connectivity index (χ1) is 12.0. The predicted octanol–water partition coefficient (Wildman–Crippen LogP) is 3.19. The van der Waals surface area contributed by atoms with Gasteiger partial charge in [-0.1, -0.05) is 17.7 Å². The van der Waals surface area contributed by atoms with E-state index >= 15 is 0 Å². The number of rotatable bonds is 5. The largest absolute Gasteiger partial charge is 0.438 e. The Bertz CT molecular complexity index is 915. The molecule has 3 aromatic rings. The lowest BCUT2D eigenvalue weighted by Gasteiger charge is -2.10. The number of ether oxygens (including phenoxy) is 1. The molecule has 2 aromatic carbocycles. The Kier molecular flexibility index (Phi) is 5.11. The second-order valence-electron chi connectivity index (χ2n) is 5.53. The Hall–Kier alpha value is -2.70. The van der Waals surface area contributed by atoms with Crippen molar-refractivity contribution in [3.05, 3.63) is 59.4 Å². The molecule has 0 saturated heterocycles. The lowest BCUT2D eigenvalue weighted by molar-refractivity contribution is 0.0923. The third-order valence-electron chi connectivity index (χ3n) is 3.43. The van der Waals surface area contributed by atoms with Crippen LogP contribution in [0, 0.1) is 0 Å². The van der Waals surface area contributed by atoms with Crippen molar-refractivity contribution in [3.8, 4) is 11.6 Å². The number of nitrogens with one attached hydrogen (secondary N) is 1. The van der Waals surface area contributed by atoms with E-state index in [1.165, 1.54) is 6.33 Å². The fourth-order valence-electron chi connectivity index (χ4n) is 2.24. The molecule has 3 rings (SSSR count). The van der Waals surface area contributed by atoms with Crippen LogP contribution in [0.1, 0.15) is 17.3 Å². The van der Waals surface area contributed by atoms with Crippen LogP contribution in [-0.4, -0.2) is 33.6 Å². The maximum atomic E-state index is 12.1. The molecule has 1 amide bonds. The van der Waals surface area contributed by atoms with Gasteiger partial charge in [0.2, 0.25) is 5.88 Å². The second kappa shape index (κ2) is 7.46. The highest BCUT2D eigenvalue weighted by Crippen LogP contribution is 2.28. The molecule has 0 bridgehead atoms. The zero-order valence-electron chi connectivity index (χ0n) is 13.4. The monoisotopic (exact) mass is 357 g/mol. The van der Waals surface area contributed by atoms with E-state index in [0.29, 0.717) is 27.7 Å². The summed E-state index contributed by atoms with van der Waals surface area (Å²) in [5, 5.41) is 13.2. The van der Waals surface area contributed by atoms with Crippen LogP contribution in [0.15, 0.2) is 48.8 Å². The maximum absolute atomic E-state index is 12.1. The van der Waals surface area contributed by atoms with E-state index < -0.39 is 6.10 Å². The Morgan fingerprint density at radius 1 is 1.28 bits per heavy atom. The number of carbonyl (C=O) groups is 1. The van der Waals surface area contributed by atoms with Gasteiger partial charge in [0.15, 0.2) is 0 Å². The lowest BCUT2D eigenvalue weighted by Crippen LogP contribution is -2.30. The Labute approximate surface area is 149 Å². The molecule has 0 saturated carbocycles. The first-order valence-electron chi connectivity index (χ1n) is 7.67. The molecular formula is C18H16ClN3O3. The van der Waals surface area contributed by atoms with Gasteiger partial charge in [-0.15, -0.1) is 0 Å². The molecule has 1 atom stereocenters. The number of carbonyl (C=O) groups excluding carboxylic acids is 1. The van der Waals surface area contributed by atoms with Crippen LogP contribution in [0.4, 0.5) is 0 Å². The van der Waals surface area contributed by atoms with Crippen molar-refractivity contribution in [1.29, 1.82) is 0 Å². The van der Waals surface area contributed by atoms with E-state index in [1.54, 1.807) is 49.4 Å². The van der Waals surface area contributed by atoms with E-state index in [0.717, 1.165) is 5.39 Å². The van der Waals surface area contributed by atoms with Crippen LogP contribution in [0.5, 0.6) is 11.6 Å². The average molecular weight is 358 g/mol. The molecule has 128 valence electrons. The highest BCUT2D eigenvalue weighted by molar-refractivity contribution is 6.31. The van der Waals surface area contributed by atoms with Gasteiger partial charge in [-0.3, -0.25) is 4.79 Å². The number of aliphatic hydroxyl groups is 1. The number of aliphatic hydroxyl groups excluding tert-OH is 1. The first-order valence-corrected chi connectivity index (χ1v) is 8.05. The normalized spacial score (nSPS) is 12.0. The zero-order valence-corrected chi connectivity index (χ0v) is 14.2. The first kappa shape index (κ1) is 17.1. The van der Waals surface area contributed by atoms with Crippen molar-refractivity contribution in [1.82, 2.24) is 15.3 Å². The predicted molar refractivity (Wildman–Crippen MR) is 95.1 cm³/mol. The van der Waals surface area contributed by atoms with Crippen LogP contribution in [-0.2, 0) is 0 Å². The van der Waals surface area contributed by atoms with Crippen molar-refractivity contribution in [2.45, 2.75) is 13.0 Å². The summed E-state index contributed by atoms with van der Waals surface area (Å²) in [6.45, 7) is 1.79. The van der Waals surface area contributed by atoms with Crippen LogP contribution in [0.25, 0.3) is 10.9 Å². The van der Waals surface area contributed by atoms with E-state index in [-0.39, 0.29) is 12.5 Å². The molecule has 0 aliphatic rings. The van der Waals surface area contributed by atoms with Crippen molar-refractivity contribution in [3.63, 3.8) is 0 Å². The second-order valence-corrected chi connectivity index (χ2v) is 5.97. The van der Waals surface area contributed by atoms with E-state index in [1.807, 2.05) is 0 Å². The molecule has 0 aliphatic heterocycles. The minimum Gasteiger partial charge on any atom is -0.438 e. The van der Waals surface area contributed by atoms with Crippen LogP contribution < -0.4 is 10.1 Å². The summed E-state index contributed by atoms with van der Waals surface area (Å²) in [5.41, 5.74) is 1.10. The third kappa shape index (κ3) is 4.23. The van der Waals surface area contributed by atoms with Gasteiger partial charge in [0.1, 0.15) is 12.1 Å². The quantitative estimate of drug-likeness (QED) is 0.732. The molecule has 1 aromatic heterocycles. The summed E-state index contributed by atoms with van der Waals surface area (Å²) in [6.07, 6.45) is 0.787. The fourth-order valence-corrected chi connectivity index (χ4v) is 2.41. The average Bonchev–Trinajstić information content (AvgIpc) is 2.60. The van der Waals surface area contributed by atoms with E-state index in [9.17, 15) is 9.90 Å². The molecule has 0 radical (unpaired) electrons. The molecule has 0 aliphatic carbocycles. The molecule has 1 unspecified atom stereocenters. The summed E-state index contributed by atoms with van der Waals surface area (Å²) in [7, 11) is 0. The van der Waals surface area contributed by atoms with Crippen LogP contribution >= 0.6 is 11.6 Å². The van der Waals surface area contributed by atoms with Crippen molar-refractivity contribution >= 4 is 28.4 Å². The standard InChI is InChI=1S/C18H16ClN3O3/c1-11(23)9-20-17(24)12-3-2-4-14(7-12)25-18-15-6-5-13(19)8-16(15)21-10-22-18/h2-8,10-11,23H,9H2,1H3,(H,20,24). The van der Waals surface area contributed by atoms with Gasteiger partial charge in [-0.05, 0) is 43.3 Å². The van der Waals surface area contributed by atoms with Gasteiger partial charge in [0.05, 0.1) is 17.0 Å². The number of amides is 1. The number of benzene rings is 2. The number of nitrogens with zero attached hydrogens (tertiary/aromatic N) is 2. The van der Waals surface area contributed by atoms with Crippen molar-refractivity contribution in [2.75, 3.05) is 6.54 Å². The topological polar surface area (TPSA) is 84.3 Å². The minimum absolute atomic E-state index is 0.182. The summed E-state index contributed by atoms with van der Waals surface area (Å²) < 4.78 is 5.82. The summed E-state index contributed by atoms with van der Waals surface area (Å²) in [5.74, 6) is 0.563. The third-order valence-corrected chi connectivity index (χ3v) is 3.67. The number of hydrogen-bond donors (Lipinski definition) is 2. The van der Waals surface area contributed by atoms with Gasteiger partial charge in [0, 0.05) is 17.1 Å². The summed E-state index contributed by atoms with van der Waals surface area (Å²) >= 11 is 5.98. The van der Waals surface area contributed by atoms with E-state index in [2.05, 4.69) is 15.3 Å². The van der Waals surface area contributed by atoms with Gasteiger partial charge in [0.25, 0.3) is 5.91 Å². The number of halogens is 1. The Balaban J connectivity index is 1.84. The smallest absolute Gasteiger partial charge is 0.251 e. The molecule has 0 fully saturated rings. The van der Waals surface area contributed by atoms with Gasteiger partial charge in [-0.25, -0.2) is 9.97 Å². The molecule has 0 spiro atoms. The molecule has 1 heterocycles. The lowest BCUT2D eigenvalue weighted by atomic mass is 10.2. The molecule has 25 heavy (non-hydrogen) atoms. The minimum atomic E-state index is -0.609. The number of fused-ring (bicyclic) bond motifs is 1. The van der Waals surface area contributed by atoms with Gasteiger partial charge >= 0.3 is 0 Å². The summed E-state index contributed by atoms with van der Waals surface area (Å²) in [6, 6.07) is 12.0. The maximum Gasteiger partial charge on any atom is 0.251 e. The van der Waals surface area contributed by atoms with Gasteiger partial charge in [-0.2, -0.15) is 0 Å². The Morgan fingerprint density at radius 2 is 2.12 bits per heavy atom. The fraction of sp³-hybridized carbons (Fsp3) is 0.167. The van der Waals surface area contributed by atoms with Crippen molar-refractivity contribution in [2.24, 2.45) is 0 Å². The highest BCUT2D eigenvalue weighted by atomic mass is 35.5.